The summed E-state index contributed by atoms with van der Waals surface area (Å²) in [6, 6.07) is 10.9. The van der Waals surface area contributed by atoms with Gasteiger partial charge < -0.3 is 5.32 Å². The van der Waals surface area contributed by atoms with Crippen LogP contribution in [0.5, 0.6) is 0 Å². The molecule has 0 aliphatic carbocycles. The molecule has 0 aliphatic heterocycles. The first-order valence-corrected chi connectivity index (χ1v) is 6.24. The minimum absolute atomic E-state index is 0.0178. The van der Waals surface area contributed by atoms with Gasteiger partial charge in [-0.3, -0.25) is 10.1 Å². The van der Waals surface area contributed by atoms with Gasteiger partial charge >= 0.3 is 0 Å². The highest BCUT2D eigenvalue weighted by Gasteiger charge is 2.11. The molecule has 5 heteroatoms. The summed E-state index contributed by atoms with van der Waals surface area (Å²) in [5, 5.41) is 14.0. The molecule has 2 aromatic rings. The van der Waals surface area contributed by atoms with E-state index in [1.165, 1.54) is 24.3 Å². The molecule has 0 radical (unpaired) electrons. The van der Waals surface area contributed by atoms with Crippen molar-refractivity contribution in [3.63, 3.8) is 0 Å². The van der Waals surface area contributed by atoms with Crippen LogP contribution in [0.4, 0.5) is 15.8 Å². The van der Waals surface area contributed by atoms with Crippen LogP contribution in [0.15, 0.2) is 42.5 Å². The smallest absolute Gasteiger partial charge is 0.269 e. The second-order valence-corrected chi connectivity index (χ2v) is 4.67. The molecule has 1 unspecified atom stereocenters. The molecular weight excluding hydrogens is 259 g/mol. The van der Waals surface area contributed by atoms with Crippen LogP contribution in [0.3, 0.4) is 0 Å². The molecule has 0 aliphatic rings. The summed E-state index contributed by atoms with van der Waals surface area (Å²) in [6.07, 6.45) is 0. The van der Waals surface area contributed by atoms with Crippen LogP contribution in [0.1, 0.15) is 24.1 Å². The first-order valence-electron chi connectivity index (χ1n) is 6.24. The zero-order valence-electron chi connectivity index (χ0n) is 11.3. The van der Waals surface area contributed by atoms with Crippen LogP contribution in [-0.2, 0) is 0 Å². The maximum atomic E-state index is 12.9. The van der Waals surface area contributed by atoms with Crippen molar-refractivity contribution in [2.45, 2.75) is 19.9 Å². The molecule has 104 valence electrons. The number of hydrogen-bond donors (Lipinski definition) is 1. The third kappa shape index (κ3) is 3.12. The van der Waals surface area contributed by atoms with E-state index >= 15 is 0 Å². The summed E-state index contributed by atoms with van der Waals surface area (Å²) in [5.41, 5.74) is 2.65. The number of nitrogens with one attached hydrogen (secondary N) is 1. The van der Waals surface area contributed by atoms with Gasteiger partial charge in [0.15, 0.2) is 0 Å². The van der Waals surface area contributed by atoms with E-state index in [-0.39, 0.29) is 17.5 Å². The second kappa shape index (κ2) is 5.69. The van der Waals surface area contributed by atoms with Crippen LogP contribution in [0, 0.1) is 22.9 Å². The Morgan fingerprint density at radius 1 is 1.20 bits per heavy atom. The number of non-ortho nitro benzene ring substituents is 1. The van der Waals surface area contributed by atoms with E-state index in [0.29, 0.717) is 0 Å². The van der Waals surface area contributed by atoms with Crippen molar-refractivity contribution in [1.29, 1.82) is 0 Å². The summed E-state index contributed by atoms with van der Waals surface area (Å²) in [5.74, 6) is -0.271. The van der Waals surface area contributed by atoms with Gasteiger partial charge in [-0.25, -0.2) is 4.39 Å². The first-order chi connectivity index (χ1) is 9.47. The molecule has 20 heavy (non-hydrogen) atoms. The van der Waals surface area contributed by atoms with Crippen molar-refractivity contribution < 1.29 is 9.31 Å². The number of nitro benzene ring substituents is 1. The van der Waals surface area contributed by atoms with E-state index in [9.17, 15) is 14.5 Å². The van der Waals surface area contributed by atoms with E-state index in [4.69, 9.17) is 0 Å². The fourth-order valence-electron chi connectivity index (χ4n) is 1.99. The maximum Gasteiger partial charge on any atom is 0.269 e. The fourth-order valence-corrected chi connectivity index (χ4v) is 1.99. The molecule has 0 spiro atoms. The molecule has 2 aromatic carbocycles. The van der Waals surface area contributed by atoms with Crippen molar-refractivity contribution in [3.8, 4) is 0 Å². The molecular formula is C15H15FN2O2. The highest BCUT2D eigenvalue weighted by molar-refractivity contribution is 5.56. The number of nitro groups is 1. The standard InChI is InChI=1S/C15H15FN2O2/c1-10-9-14(18(19)20)7-8-15(10)17-11(2)12-3-5-13(16)6-4-12/h3-9,11,17H,1-2H3. The van der Waals surface area contributed by atoms with Gasteiger partial charge in [0.25, 0.3) is 5.69 Å². The zero-order chi connectivity index (χ0) is 14.7. The first kappa shape index (κ1) is 14.0. The average Bonchev–Trinajstić information content (AvgIpc) is 2.41. The number of benzene rings is 2. The van der Waals surface area contributed by atoms with Crippen LogP contribution in [0.2, 0.25) is 0 Å². The lowest BCUT2D eigenvalue weighted by molar-refractivity contribution is -0.384. The monoisotopic (exact) mass is 274 g/mol. The quantitative estimate of drug-likeness (QED) is 0.671. The average molecular weight is 274 g/mol. The Balaban J connectivity index is 2.17. The number of anilines is 1. The minimum atomic E-state index is -0.416. The topological polar surface area (TPSA) is 55.2 Å². The van der Waals surface area contributed by atoms with Crippen LogP contribution in [0.25, 0.3) is 0 Å². The van der Waals surface area contributed by atoms with Crippen molar-refractivity contribution in [2.24, 2.45) is 0 Å². The highest BCUT2D eigenvalue weighted by atomic mass is 19.1. The third-order valence-corrected chi connectivity index (χ3v) is 3.16. The Bertz CT molecular complexity index is 626. The van der Waals surface area contributed by atoms with Gasteiger partial charge in [-0.2, -0.15) is 0 Å². The third-order valence-electron chi connectivity index (χ3n) is 3.16. The molecule has 0 saturated carbocycles. The lowest BCUT2D eigenvalue weighted by atomic mass is 10.1. The fraction of sp³-hybridized carbons (Fsp3) is 0.200. The Morgan fingerprint density at radius 2 is 1.85 bits per heavy atom. The van der Waals surface area contributed by atoms with Crippen LogP contribution < -0.4 is 5.32 Å². The predicted octanol–water partition coefficient (Wildman–Crippen LogP) is 4.22. The lowest BCUT2D eigenvalue weighted by Crippen LogP contribution is -2.07. The van der Waals surface area contributed by atoms with Gasteiger partial charge in [0.1, 0.15) is 5.82 Å². The van der Waals surface area contributed by atoms with Crippen molar-refractivity contribution in [3.05, 3.63) is 69.5 Å². The molecule has 2 rings (SSSR count). The number of halogens is 1. The van der Waals surface area contributed by atoms with E-state index in [1.54, 1.807) is 18.2 Å². The minimum Gasteiger partial charge on any atom is -0.378 e. The van der Waals surface area contributed by atoms with Crippen LogP contribution >= 0.6 is 0 Å². The molecule has 0 aromatic heterocycles. The molecule has 1 N–H and O–H groups in total. The summed E-state index contributed by atoms with van der Waals surface area (Å²) in [7, 11) is 0. The largest absolute Gasteiger partial charge is 0.378 e. The molecule has 4 nitrogen and oxygen atoms in total. The number of hydrogen-bond acceptors (Lipinski definition) is 3. The Kier molecular flexibility index (Phi) is 3.98. The predicted molar refractivity (Wildman–Crippen MR) is 76.3 cm³/mol. The number of rotatable bonds is 4. The second-order valence-electron chi connectivity index (χ2n) is 4.67. The van der Waals surface area contributed by atoms with Gasteiger partial charge in [-0.1, -0.05) is 12.1 Å². The Labute approximate surface area is 116 Å². The van der Waals surface area contributed by atoms with E-state index in [0.717, 1.165) is 16.8 Å². The van der Waals surface area contributed by atoms with E-state index in [1.807, 2.05) is 13.8 Å². The van der Waals surface area contributed by atoms with Gasteiger partial charge in [0.05, 0.1) is 4.92 Å². The van der Waals surface area contributed by atoms with Gasteiger partial charge in [0, 0.05) is 23.9 Å². The summed E-state index contributed by atoms with van der Waals surface area (Å²) in [6.45, 7) is 3.76. The van der Waals surface area contributed by atoms with E-state index < -0.39 is 4.92 Å². The van der Waals surface area contributed by atoms with Crippen molar-refractivity contribution >= 4 is 11.4 Å². The Morgan fingerprint density at radius 3 is 2.40 bits per heavy atom. The van der Waals surface area contributed by atoms with E-state index in [2.05, 4.69) is 5.32 Å². The van der Waals surface area contributed by atoms with Gasteiger partial charge in [-0.15, -0.1) is 0 Å². The SMILES string of the molecule is Cc1cc([N+](=O)[O-])ccc1NC(C)c1ccc(F)cc1. The molecule has 0 amide bonds. The lowest BCUT2D eigenvalue weighted by Gasteiger charge is -2.17. The maximum absolute atomic E-state index is 12.9. The summed E-state index contributed by atoms with van der Waals surface area (Å²) in [4.78, 5) is 10.3. The van der Waals surface area contributed by atoms with Crippen molar-refractivity contribution in [1.82, 2.24) is 0 Å². The molecule has 0 fully saturated rings. The van der Waals surface area contributed by atoms with Crippen LogP contribution in [-0.4, -0.2) is 4.92 Å². The molecule has 0 saturated heterocycles. The summed E-state index contributed by atoms with van der Waals surface area (Å²) >= 11 is 0. The Hall–Kier alpha value is -2.43. The normalized spacial score (nSPS) is 11.9. The molecule has 0 bridgehead atoms. The summed E-state index contributed by atoms with van der Waals surface area (Å²) < 4.78 is 12.9. The highest BCUT2D eigenvalue weighted by Crippen LogP contribution is 2.25. The number of nitrogens with zero attached hydrogens (tertiary/aromatic N) is 1. The zero-order valence-corrected chi connectivity index (χ0v) is 11.3. The molecule has 0 heterocycles. The number of aryl methyl sites for hydroxylation is 1. The van der Waals surface area contributed by atoms with Crippen molar-refractivity contribution in [2.75, 3.05) is 5.32 Å². The van der Waals surface area contributed by atoms with Gasteiger partial charge in [-0.05, 0) is 43.2 Å². The molecule has 1 atom stereocenters. The van der Waals surface area contributed by atoms with Gasteiger partial charge in [0.2, 0.25) is 0 Å².